The molecule has 1 aliphatic heterocycles. The van der Waals surface area contributed by atoms with Gasteiger partial charge in [-0.3, -0.25) is 4.79 Å². The van der Waals surface area contributed by atoms with Crippen LogP contribution in [-0.2, 0) is 17.6 Å². The number of rotatable bonds is 3. The van der Waals surface area contributed by atoms with Crippen LogP contribution in [0.3, 0.4) is 0 Å². The molecule has 1 fully saturated rings. The summed E-state index contributed by atoms with van der Waals surface area (Å²) in [4.78, 5) is 26.2. The van der Waals surface area contributed by atoms with Gasteiger partial charge in [0.05, 0.1) is 11.1 Å². The third-order valence-electron chi connectivity index (χ3n) is 5.61. The minimum atomic E-state index is 0.184. The zero-order valence-electron chi connectivity index (χ0n) is 15.5. The molecule has 2 unspecified atom stereocenters. The molecular weight excluding hydrogens is 364 g/mol. The maximum absolute atomic E-state index is 12.5. The molecule has 1 saturated heterocycles. The molecular formula is C19H26N4OS2. The number of aryl methyl sites for hydroxylation is 1. The van der Waals surface area contributed by atoms with Crippen LogP contribution in [0.25, 0.3) is 10.2 Å². The van der Waals surface area contributed by atoms with Gasteiger partial charge in [-0.05, 0) is 56.9 Å². The van der Waals surface area contributed by atoms with Crippen molar-refractivity contribution in [3.05, 3.63) is 10.4 Å². The van der Waals surface area contributed by atoms with Crippen molar-refractivity contribution in [1.29, 1.82) is 0 Å². The number of nitrogens with two attached hydrogens (primary N) is 1. The molecule has 2 N–H and O–H groups in total. The minimum Gasteiger partial charge on any atom is -0.383 e. The summed E-state index contributed by atoms with van der Waals surface area (Å²) in [5.74, 6) is 1.87. The number of hydrogen-bond acceptors (Lipinski definition) is 6. The van der Waals surface area contributed by atoms with E-state index >= 15 is 0 Å². The number of thioether (sulfide) groups is 1. The standard InChI is InChI=1S/C19H26N4OS2/c1-11-6-7-13-14(9-11)26-18-16(13)17(20)21-19(22-18)25-10-15(24)23-8-4-3-5-12(23)2/h11-12H,3-10H2,1-2H3,(H2,20,21,22). The summed E-state index contributed by atoms with van der Waals surface area (Å²) in [6, 6.07) is 0.344. The molecule has 0 saturated carbocycles. The highest BCUT2D eigenvalue weighted by atomic mass is 32.2. The first-order valence-corrected chi connectivity index (χ1v) is 11.3. The lowest BCUT2D eigenvalue weighted by molar-refractivity contribution is -0.131. The van der Waals surface area contributed by atoms with E-state index in [4.69, 9.17) is 10.7 Å². The number of nitrogen functional groups attached to an aromatic ring is 1. The zero-order chi connectivity index (χ0) is 18.3. The van der Waals surface area contributed by atoms with Crippen molar-refractivity contribution in [3.8, 4) is 0 Å². The van der Waals surface area contributed by atoms with Crippen molar-refractivity contribution >= 4 is 45.0 Å². The molecule has 2 atom stereocenters. The molecule has 2 aromatic rings. The number of fused-ring (bicyclic) bond motifs is 3. The average molecular weight is 391 g/mol. The number of hydrogen-bond donors (Lipinski definition) is 1. The van der Waals surface area contributed by atoms with Crippen molar-refractivity contribution in [2.75, 3.05) is 18.0 Å². The molecule has 2 aromatic heterocycles. The summed E-state index contributed by atoms with van der Waals surface area (Å²) in [6.07, 6.45) is 6.82. The van der Waals surface area contributed by atoms with Crippen LogP contribution in [0.4, 0.5) is 5.82 Å². The van der Waals surface area contributed by atoms with Crippen LogP contribution in [0.15, 0.2) is 5.16 Å². The van der Waals surface area contributed by atoms with Gasteiger partial charge in [-0.2, -0.15) is 0 Å². The van der Waals surface area contributed by atoms with Gasteiger partial charge in [0, 0.05) is 17.5 Å². The first-order valence-electron chi connectivity index (χ1n) is 9.53. The molecule has 0 aromatic carbocycles. The van der Waals surface area contributed by atoms with Crippen LogP contribution in [0.1, 0.15) is 50.0 Å². The number of carbonyl (C=O) groups is 1. The molecule has 7 heteroatoms. The number of nitrogens with zero attached hydrogens (tertiary/aromatic N) is 3. The molecule has 0 radical (unpaired) electrons. The first-order chi connectivity index (χ1) is 12.5. The lowest BCUT2D eigenvalue weighted by Crippen LogP contribution is -2.42. The quantitative estimate of drug-likeness (QED) is 0.636. The summed E-state index contributed by atoms with van der Waals surface area (Å²) in [6.45, 7) is 5.31. The third kappa shape index (κ3) is 3.43. The molecule has 1 amide bonds. The zero-order valence-corrected chi connectivity index (χ0v) is 17.1. The maximum Gasteiger partial charge on any atom is 0.233 e. The SMILES string of the molecule is CC1CCc2c(sc3nc(SCC(=O)N4CCCCC4C)nc(N)c23)C1. The normalized spacial score (nSPS) is 23.2. The van der Waals surface area contributed by atoms with Crippen molar-refractivity contribution in [2.45, 2.75) is 63.6 Å². The van der Waals surface area contributed by atoms with Gasteiger partial charge in [-0.1, -0.05) is 18.7 Å². The lowest BCUT2D eigenvalue weighted by Gasteiger charge is -2.33. The number of piperidine rings is 1. The Kier molecular flexibility index (Phi) is 5.10. The Bertz CT molecular complexity index is 835. The molecule has 140 valence electrons. The highest BCUT2D eigenvalue weighted by molar-refractivity contribution is 7.99. The van der Waals surface area contributed by atoms with E-state index in [1.807, 2.05) is 4.90 Å². The number of thiophene rings is 1. The number of carbonyl (C=O) groups excluding carboxylic acids is 1. The molecule has 1 aliphatic carbocycles. The Morgan fingerprint density at radius 2 is 2.15 bits per heavy atom. The van der Waals surface area contributed by atoms with Gasteiger partial charge in [0.2, 0.25) is 5.91 Å². The highest BCUT2D eigenvalue weighted by Crippen LogP contribution is 2.40. The third-order valence-corrected chi connectivity index (χ3v) is 7.59. The second kappa shape index (κ2) is 7.35. The van der Waals surface area contributed by atoms with E-state index in [2.05, 4.69) is 18.8 Å². The van der Waals surface area contributed by atoms with E-state index in [1.54, 1.807) is 11.3 Å². The Morgan fingerprint density at radius 3 is 2.96 bits per heavy atom. The minimum absolute atomic E-state index is 0.184. The van der Waals surface area contributed by atoms with Crippen LogP contribution in [0, 0.1) is 5.92 Å². The van der Waals surface area contributed by atoms with Crippen molar-refractivity contribution in [2.24, 2.45) is 5.92 Å². The van der Waals surface area contributed by atoms with E-state index < -0.39 is 0 Å². The van der Waals surface area contributed by atoms with Crippen LogP contribution in [0.2, 0.25) is 0 Å². The Hall–Kier alpha value is -1.34. The van der Waals surface area contributed by atoms with E-state index in [0.717, 1.165) is 48.4 Å². The van der Waals surface area contributed by atoms with Crippen molar-refractivity contribution in [1.82, 2.24) is 14.9 Å². The second-order valence-electron chi connectivity index (χ2n) is 7.64. The van der Waals surface area contributed by atoms with Crippen LogP contribution >= 0.6 is 23.1 Å². The predicted octanol–water partition coefficient (Wildman–Crippen LogP) is 3.89. The molecule has 4 rings (SSSR count). The van der Waals surface area contributed by atoms with Gasteiger partial charge in [0.1, 0.15) is 10.6 Å². The number of aromatic nitrogens is 2. The van der Waals surface area contributed by atoms with Gasteiger partial charge in [-0.15, -0.1) is 11.3 Å². The van der Waals surface area contributed by atoms with E-state index in [-0.39, 0.29) is 5.91 Å². The van der Waals surface area contributed by atoms with Crippen LogP contribution in [-0.4, -0.2) is 39.1 Å². The lowest BCUT2D eigenvalue weighted by atomic mass is 9.89. The van der Waals surface area contributed by atoms with Crippen LogP contribution in [0.5, 0.6) is 0 Å². The van der Waals surface area contributed by atoms with Gasteiger partial charge in [0.25, 0.3) is 0 Å². The maximum atomic E-state index is 12.5. The molecule has 26 heavy (non-hydrogen) atoms. The van der Waals surface area contributed by atoms with E-state index in [9.17, 15) is 4.79 Å². The number of likely N-dealkylation sites (tertiary alicyclic amines) is 1. The highest BCUT2D eigenvalue weighted by Gasteiger charge is 2.25. The van der Waals surface area contributed by atoms with Gasteiger partial charge in [-0.25, -0.2) is 9.97 Å². The van der Waals surface area contributed by atoms with Crippen LogP contribution < -0.4 is 5.73 Å². The number of anilines is 1. The Labute approximate surface area is 162 Å². The predicted molar refractivity (Wildman–Crippen MR) is 109 cm³/mol. The molecule has 0 bridgehead atoms. The molecule has 0 spiro atoms. The summed E-state index contributed by atoms with van der Waals surface area (Å²) in [7, 11) is 0. The van der Waals surface area contributed by atoms with Crippen molar-refractivity contribution < 1.29 is 4.79 Å². The smallest absolute Gasteiger partial charge is 0.233 e. The summed E-state index contributed by atoms with van der Waals surface area (Å²) >= 11 is 3.17. The second-order valence-corrected chi connectivity index (χ2v) is 9.67. The van der Waals surface area contributed by atoms with Gasteiger partial charge < -0.3 is 10.6 Å². The summed E-state index contributed by atoms with van der Waals surface area (Å²) in [5.41, 5.74) is 7.64. The van der Waals surface area contributed by atoms with E-state index in [1.165, 1.54) is 35.0 Å². The topological polar surface area (TPSA) is 72.1 Å². The molecule has 2 aliphatic rings. The van der Waals surface area contributed by atoms with Gasteiger partial charge >= 0.3 is 0 Å². The Balaban J connectivity index is 1.51. The fourth-order valence-electron chi connectivity index (χ4n) is 4.09. The van der Waals surface area contributed by atoms with E-state index in [0.29, 0.717) is 22.8 Å². The monoisotopic (exact) mass is 390 g/mol. The summed E-state index contributed by atoms with van der Waals surface area (Å²) in [5, 5.41) is 1.68. The number of amides is 1. The fourth-order valence-corrected chi connectivity index (χ4v) is 6.28. The van der Waals surface area contributed by atoms with Gasteiger partial charge in [0.15, 0.2) is 5.16 Å². The molecule has 3 heterocycles. The summed E-state index contributed by atoms with van der Waals surface area (Å²) < 4.78 is 0. The fraction of sp³-hybridized carbons (Fsp3) is 0.632. The Morgan fingerprint density at radius 1 is 1.31 bits per heavy atom. The first kappa shape index (κ1) is 18.0. The largest absolute Gasteiger partial charge is 0.383 e. The molecule has 5 nitrogen and oxygen atoms in total. The van der Waals surface area contributed by atoms with Crippen molar-refractivity contribution in [3.63, 3.8) is 0 Å². The average Bonchev–Trinajstić information content (AvgIpc) is 2.97.